The summed E-state index contributed by atoms with van der Waals surface area (Å²) in [4.78, 5) is 25.7. The van der Waals surface area contributed by atoms with Gasteiger partial charge in [0.25, 0.3) is 0 Å². The first-order chi connectivity index (χ1) is 15.3. The van der Waals surface area contributed by atoms with Crippen LogP contribution in [0, 0.1) is 0 Å². The summed E-state index contributed by atoms with van der Waals surface area (Å²) < 4.78 is 12.8. The minimum Gasteiger partial charge on any atom is -0.492 e. The number of primary amides is 1. The van der Waals surface area contributed by atoms with Crippen molar-refractivity contribution in [1.29, 1.82) is 0 Å². The maximum Gasteiger partial charge on any atom is 0.235 e. The molecule has 11 heteroatoms. The van der Waals surface area contributed by atoms with Crippen molar-refractivity contribution in [2.45, 2.75) is 30.3 Å². The molecule has 1 unspecified atom stereocenters. The first-order valence-electron chi connectivity index (χ1n) is 9.90. The van der Waals surface area contributed by atoms with Gasteiger partial charge in [-0.3, -0.25) is 14.2 Å². The molecule has 0 aliphatic heterocycles. The lowest BCUT2D eigenvalue weighted by Gasteiger charge is -2.21. The Balaban J connectivity index is 1.60. The smallest absolute Gasteiger partial charge is 0.235 e. The van der Waals surface area contributed by atoms with E-state index in [1.54, 1.807) is 59.8 Å². The van der Waals surface area contributed by atoms with Gasteiger partial charge in [-0.1, -0.05) is 23.4 Å². The third-order valence-corrected chi connectivity index (χ3v) is 5.88. The van der Waals surface area contributed by atoms with E-state index in [4.69, 9.17) is 26.5 Å². The monoisotopic (exact) mass is 477 g/mol. The normalized spacial score (nSPS) is 11.8. The molecule has 0 spiro atoms. The Kier molecular flexibility index (Phi) is 8.18. The maximum absolute atomic E-state index is 12.8. The van der Waals surface area contributed by atoms with Crippen molar-refractivity contribution < 1.29 is 18.7 Å². The van der Waals surface area contributed by atoms with Crippen LogP contribution in [0.15, 0.2) is 52.2 Å². The Morgan fingerprint density at radius 3 is 2.69 bits per heavy atom. The summed E-state index contributed by atoms with van der Waals surface area (Å²) in [7, 11) is 1.72. The number of ether oxygens (including phenoxy) is 1. The van der Waals surface area contributed by atoms with Gasteiger partial charge in [0.1, 0.15) is 12.4 Å². The van der Waals surface area contributed by atoms with Gasteiger partial charge < -0.3 is 19.8 Å². The molecule has 0 bridgehead atoms. The van der Waals surface area contributed by atoms with Gasteiger partial charge in [0.05, 0.1) is 18.1 Å². The molecular weight excluding hydrogens is 454 g/mol. The number of hydrogen-bond donors (Lipinski definition) is 1. The Morgan fingerprint density at radius 2 is 2.03 bits per heavy atom. The summed E-state index contributed by atoms with van der Waals surface area (Å²) in [6.45, 7) is 2.84. The van der Waals surface area contributed by atoms with E-state index in [1.165, 1.54) is 18.0 Å². The highest BCUT2D eigenvalue weighted by atomic mass is 35.5. The number of thioether (sulfide) groups is 1. The van der Waals surface area contributed by atoms with E-state index in [0.717, 1.165) is 0 Å². The molecule has 0 fully saturated rings. The number of furan rings is 1. The second kappa shape index (κ2) is 11.1. The van der Waals surface area contributed by atoms with Crippen molar-refractivity contribution in [3.8, 4) is 17.3 Å². The topological polar surface area (TPSA) is 116 Å². The fourth-order valence-corrected chi connectivity index (χ4v) is 3.96. The van der Waals surface area contributed by atoms with E-state index in [2.05, 4.69) is 10.2 Å². The van der Waals surface area contributed by atoms with Crippen molar-refractivity contribution in [2.24, 2.45) is 5.73 Å². The van der Waals surface area contributed by atoms with Crippen LogP contribution < -0.4 is 10.5 Å². The Hall–Kier alpha value is -2.98. The molecule has 0 saturated carbocycles. The lowest BCUT2D eigenvalue weighted by atomic mass is 10.3. The fourth-order valence-electron chi connectivity index (χ4n) is 2.85. The largest absolute Gasteiger partial charge is 0.492 e. The molecule has 2 N–H and O–H groups in total. The second-order valence-corrected chi connectivity index (χ2v) is 8.72. The minimum absolute atomic E-state index is 0.0845. The number of nitrogens with zero attached hydrogens (tertiary/aromatic N) is 4. The molecule has 0 radical (unpaired) electrons. The van der Waals surface area contributed by atoms with E-state index >= 15 is 0 Å². The molecule has 0 saturated heterocycles. The zero-order valence-corrected chi connectivity index (χ0v) is 19.3. The van der Waals surface area contributed by atoms with Crippen molar-refractivity contribution >= 4 is 35.2 Å². The van der Waals surface area contributed by atoms with Crippen LogP contribution in [0.4, 0.5) is 0 Å². The molecule has 0 aliphatic rings. The van der Waals surface area contributed by atoms with Gasteiger partial charge in [0.2, 0.25) is 11.8 Å². The molecule has 32 heavy (non-hydrogen) atoms. The van der Waals surface area contributed by atoms with Crippen LogP contribution in [0.1, 0.15) is 13.3 Å². The number of benzene rings is 1. The molecule has 2 aromatic heterocycles. The van der Waals surface area contributed by atoms with Crippen LogP contribution in [0.2, 0.25) is 5.02 Å². The molecule has 170 valence electrons. The molecular formula is C21H24ClN5O4S. The summed E-state index contributed by atoms with van der Waals surface area (Å²) in [6, 6.07) is 10.5. The van der Waals surface area contributed by atoms with Gasteiger partial charge in [-0.05, 0) is 43.3 Å². The molecule has 1 atom stereocenters. The number of carbonyl (C=O) groups is 2. The lowest BCUT2D eigenvalue weighted by Crippen LogP contribution is -2.36. The summed E-state index contributed by atoms with van der Waals surface area (Å²) in [6.07, 6.45) is 1.64. The Morgan fingerprint density at radius 1 is 1.28 bits per heavy atom. The number of nitrogens with two attached hydrogens (primary N) is 1. The number of rotatable bonds is 11. The zero-order chi connectivity index (χ0) is 23.1. The van der Waals surface area contributed by atoms with Gasteiger partial charge in [-0.25, -0.2) is 0 Å². The number of halogens is 1. The molecule has 0 aliphatic carbocycles. The first kappa shape index (κ1) is 23.7. The van der Waals surface area contributed by atoms with Crippen LogP contribution in [0.5, 0.6) is 5.75 Å². The number of hydrogen-bond acceptors (Lipinski definition) is 7. The highest BCUT2D eigenvalue weighted by molar-refractivity contribution is 8.00. The SMILES string of the molecule is CC(Sc1nnc(-c2ccco2)n1CCC(N)=O)C(=O)N(C)CCOc1ccc(Cl)cc1. The second-order valence-electron chi connectivity index (χ2n) is 6.97. The average molecular weight is 478 g/mol. The van der Waals surface area contributed by atoms with Crippen LogP contribution in [0.3, 0.4) is 0 Å². The predicted molar refractivity (Wildman–Crippen MR) is 121 cm³/mol. The van der Waals surface area contributed by atoms with Gasteiger partial charge >= 0.3 is 0 Å². The van der Waals surface area contributed by atoms with Crippen molar-refractivity contribution in [2.75, 3.05) is 20.2 Å². The summed E-state index contributed by atoms with van der Waals surface area (Å²) >= 11 is 7.12. The fraction of sp³-hybridized carbons (Fsp3) is 0.333. The number of carbonyl (C=O) groups excluding carboxylic acids is 2. The van der Waals surface area contributed by atoms with Gasteiger partial charge in [0, 0.05) is 25.0 Å². The molecule has 3 aromatic rings. The van der Waals surface area contributed by atoms with E-state index in [0.29, 0.717) is 40.7 Å². The third kappa shape index (κ3) is 6.27. The van der Waals surface area contributed by atoms with Crippen LogP contribution in [-0.4, -0.2) is 56.9 Å². The molecule has 2 heterocycles. The van der Waals surface area contributed by atoms with Crippen molar-refractivity contribution in [3.05, 3.63) is 47.7 Å². The third-order valence-electron chi connectivity index (χ3n) is 4.56. The minimum atomic E-state index is -0.440. The van der Waals surface area contributed by atoms with Gasteiger partial charge in [-0.15, -0.1) is 10.2 Å². The zero-order valence-electron chi connectivity index (χ0n) is 17.7. The van der Waals surface area contributed by atoms with Crippen molar-refractivity contribution in [3.63, 3.8) is 0 Å². The van der Waals surface area contributed by atoms with E-state index in [-0.39, 0.29) is 18.9 Å². The lowest BCUT2D eigenvalue weighted by molar-refractivity contribution is -0.129. The quantitative estimate of drug-likeness (QED) is 0.422. The van der Waals surface area contributed by atoms with E-state index < -0.39 is 11.2 Å². The van der Waals surface area contributed by atoms with Crippen molar-refractivity contribution in [1.82, 2.24) is 19.7 Å². The average Bonchev–Trinajstić information content (AvgIpc) is 3.42. The molecule has 9 nitrogen and oxygen atoms in total. The highest BCUT2D eigenvalue weighted by Crippen LogP contribution is 2.28. The molecule has 1 aromatic carbocycles. The highest BCUT2D eigenvalue weighted by Gasteiger charge is 2.24. The summed E-state index contributed by atoms with van der Waals surface area (Å²) in [5.74, 6) is 1.15. The van der Waals surface area contributed by atoms with Gasteiger partial charge in [-0.2, -0.15) is 0 Å². The standard InChI is InChI=1S/C21H24ClN5O4S/c1-14(20(29)26(2)11-13-30-16-7-5-15(22)6-8-16)32-21-25-24-19(17-4-3-12-31-17)27(21)10-9-18(23)28/h3-8,12,14H,9-11,13H2,1-2H3,(H2,23,28). The summed E-state index contributed by atoms with van der Waals surface area (Å²) in [5.41, 5.74) is 5.31. The number of likely N-dealkylation sites (N-methyl/N-ethyl adjacent to an activating group) is 1. The van der Waals surface area contributed by atoms with Gasteiger partial charge in [0.15, 0.2) is 16.7 Å². The number of amides is 2. The Labute approximate surface area is 194 Å². The first-order valence-corrected chi connectivity index (χ1v) is 11.2. The van der Waals surface area contributed by atoms with Crippen LogP contribution in [-0.2, 0) is 16.1 Å². The maximum atomic E-state index is 12.8. The molecule has 2 amide bonds. The van der Waals surface area contributed by atoms with E-state index in [9.17, 15) is 9.59 Å². The van der Waals surface area contributed by atoms with Crippen LogP contribution in [0.25, 0.3) is 11.6 Å². The number of aromatic nitrogens is 3. The Bertz CT molecular complexity index is 1040. The molecule has 3 rings (SSSR count). The van der Waals surface area contributed by atoms with E-state index in [1.807, 2.05) is 0 Å². The summed E-state index contributed by atoms with van der Waals surface area (Å²) in [5, 5.41) is 9.08. The van der Waals surface area contributed by atoms with Crippen LogP contribution >= 0.6 is 23.4 Å². The predicted octanol–water partition coefficient (Wildman–Crippen LogP) is 3.08.